The molecule has 0 heterocycles. The van der Waals surface area contributed by atoms with Gasteiger partial charge in [0.05, 0.1) is 4.92 Å². The molecule has 0 aliphatic rings. The summed E-state index contributed by atoms with van der Waals surface area (Å²) in [4.78, 5) is 9.95. The third kappa shape index (κ3) is 3.44. The fraction of sp³-hybridized carbons (Fsp3) is 0.400. The molecular weight excluding hydrogens is 232 g/mol. The minimum Gasteiger partial charge on any atom is -0.396 e. The van der Waals surface area contributed by atoms with E-state index < -0.39 is 4.92 Å². The zero-order chi connectivity index (χ0) is 11.4. The van der Waals surface area contributed by atoms with Crippen LogP contribution in [-0.4, -0.2) is 16.6 Å². The van der Waals surface area contributed by atoms with E-state index >= 15 is 0 Å². The van der Waals surface area contributed by atoms with E-state index in [1.54, 1.807) is 12.1 Å². The van der Waals surface area contributed by atoms with Crippen molar-refractivity contribution in [3.05, 3.63) is 39.9 Å². The summed E-state index contributed by atoms with van der Waals surface area (Å²) in [5, 5.41) is 19.3. The molecule has 0 saturated carbocycles. The minimum absolute atomic E-state index is 0. The number of benzene rings is 1. The Morgan fingerprint density at radius 1 is 1.44 bits per heavy atom. The molecule has 0 aromatic heterocycles. The van der Waals surface area contributed by atoms with Gasteiger partial charge in [0.2, 0.25) is 0 Å². The van der Waals surface area contributed by atoms with E-state index in [1.165, 1.54) is 12.1 Å². The number of nitrogens with two attached hydrogens (primary N) is 1. The molecule has 1 rings (SSSR count). The molecule has 1 aromatic carbocycles. The first kappa shape index (κ1) is 14.8. The van der Waals surface area contributed by atoms with Gasteiger partial charge in [0.25, 0.3) is 5.69 Å². The molecule has 3 N–H and O–H groups in total. The molecule has 5 nitrogen and oxygen atoms in total. The van der Waals surface area contributed by atoms with Crippen LogP contribution >= 0.6 is 12.4 Å². The molecule has 2 atom stereocenters. The standard InChI is InChI=1S/C10H14N2O3.ClH/c1-7(6-13)10(11)8-2-4-9(5-3-8)12(14)15;/h2-5,7,10,13H,6,11H2,1H3;1H/t7-,10+;/m1./s1. The van der Waals surface area contributed by atoms with Crippen LogP contribution in [0.2, 0.25) is 0 Å². The highest BCUT2D eigenvalue weighted by Crippen LogP contribution is 2.21. The summed E-state index contributed by atoms with van der Waals surface area (Å²) >= 11 is 0. The number of aliphatic hydroxyl groups is 1. The first-order valence-corrected chi connectivity index (χ1v) is 4.67. The predicted molar refractivity (Wildman–Crippen MR) is 63.5 cm³/mol. The van der Waals surface area contributed by atoms with Crippen LogP contribution in [0.1, 0.15) is 18.5 Å². The lowest BCUT2D eigenvalue weighted by molar-refractivity contribution is -0.384. The smallest absolute Gasteiger partial charge is 0.269 e. The quantitative estimate of drug-likeness (QED) is 0.624. The van der Waals surface area contributed by atoms with Crippen LogP contribution in [0.4, 0.5) is 5.69 Å². The molecule has 0 saturated heterocycles. The summed E-state index contributed by atoms with van der Waals surface area (Å²) in [7, 11) is 0. The zero-order valence-electron chi connectivity index (χ0n) is 8.87. The summed E-state index contributed by atoms with van der Waals surface area (Å²) < 4.78 is 0. The van der Waals surface area contributed by atoms with Gasteiger partial charge in [0, 0.05) is 24.8 Å². The van der Waals surface area contributed by atoms with E-state index in [9.17, 15) is 10.1 Å². The summed E-state index contributed by atoms with van der Waals surface area (Å²) in [6.45, 7) is 1.82. The summed E-state index contributed by atoms with van der Waals surface area (Å²) in [5.74, 6) is -0.0635. The number of nitro groups is 1. The van der Waals surface area contributed by atoms with Crippen molar-refractivity contribution in [2.45, 2.75) is 13.0 Å². The molecule has 0 fully saturated rings. The van der Waals surface area contributed by atoms with Gasteiger partial charge in [0.15, 0.2) is 0 Å². The van der Waals surface area contributed by atoms with Crippen LogP contribution in [0.3, 0.4) is 0 Å². The fourth-order valence-electron chi connectivity index (χ4n) is 1.26. The van der Waals surface area contributed by atoms with Gasteiger partial charge in [-0.25, -0.2) is 0 Å². The van der Waals surface area contributed by atoms with Crippen molar-refractivity contribution in [1.82, 2.24) is 0 Å². The van der Waals surface area contributed by atoms with Gasteiger partial charge in [0.1, 0.15) is 0 Å². The van der Waals surface area contributed by atoms with E-state index in [-0.39, 0.29) is 36.7 Å². The van der Waals surface area contributed by atoms with Crippen LogP contribution in [0.5, 0.6) is 0 Å². The number of non-ortho nitro benzene ring substituents is 1. The average Bonchev–Trinajstić information content (AvgIpc) is 2.27. The lowest BCUT2D eigenvalue weighted by atomic mass is 9.96. The van der Waals surface area contributed by atoms with Gasteiger partial charge in [-0.1, -0.05) is 19.1 Å². The second kappa shape index (κ2) is 6.42. The van der Waals surface area contributed by atoms with Crippen LogP contribution < -0.4 is 5.73 Å². The Morgan fingerprint density at radius 2 is 1.94 bits per heavy atom. The molecule has 0 aliphatic carbocycles. The monoisotopic (exact) mass is 246 g/mol. The van der Waals surface area contributed by atoms with Crippen molar-refractivity contribution < 1.29 is 10.0 Å². The van der Waals surface area contributed by atoms with Gasteiger partial charge >= 0.3 is 0 Å². The van der Waals surface area contributed by atoms with E-state index in [4.69, 9.17) is 10.8 Å². The van der Waals surface area contributed by atoms with Crippen molar-refractivity contribution in [2.75, 3.05) is 6.61 Å². The molecule has 0 aliphatic heterocycles. The highest BCUT2D eigenvalue weighted by atomic mass is 35.5. The number of halogens is 1. The molecule has 1 aromatic rings. The molecule has 90 valence electrons. The molecular formula is C10H15ClN2O3. The SMILES string of the molecule is C[C@H](CO)[C@H](N)c1ccc([N+](=O)[O-])cc1.Cl. The second-order valence-electron chi connectivity index (χ2n) is 3.53. The third-order valence-corrected chi connectivity index (χ3v) is 2.39. The number of nitro benzene ring substituents is 1. The van der Waals surface area contributed by atoms with Gasteiger partial charge in [-0.3, -0.25) is 10.1 Å². The second-order valence-corrected chi connectivity index (χ2v) is 3.53. The van der Waals surface area contributed by atoms with Crippen LogP contribution in [0, 0.1) is 16.0 Å². The fourth-order valence-corrected chi connectivity index (χ4v) is 1.26. The maximum atomic E-state index is 10.4. The van der Waals surface area contributed by atoms with Crippen LogP contribution in [0.15, 0.2) is 24.3 Å². The van der Waals surface area contributed by atoms with Crippen molar-refractivity contribution in [3.63, 3.8) is 0 Å². The van der Waals surface area contributed by atoms with E-state index in [0.29, 0.717) is 0 Å². The molecule has 0 bridgehead atoms. The Balaban J connectivity index is 0.00000225. The largest absolute Gasteiger partial charge is 0.396 e. The first-order chi connectivity index (χ1) is 7.06. The van der Waals surface area contributed by atoms with E-state index in [0.717, 1.165) is 5.56 Å². The Bertz CT molecular complexity index is 342. The Morgan fingerprint density at radius 3 is 2.31 bits per heavy atom. The lowest BCUT2D eigenvalue weighted by Crippen LogP contribution is -2.21. The summed E-state index contributed by atoms with van der Waals surface area (Å²) in [6, 6.07) is 5.78. The third-order valence-electron chi connectivity index (χ3n) is 2.39. The Hall–Kier alpha value is -1.17. The topological polar surface area (TPSA) is 89.4 Å². The van der Waals surface area contributed by atoms with Gasteiger partial charge in [-0.2, -0.15) is 0 Å². The molecule has 16 heavy (non-hydrogen) atoms. The Labute approximate surface area is 99.8 Å². The number of hydrogen-bond acceptors (Lipinski definition) is 4. The summed E-state index contributed by atoms with van der Waals surface area (Å²) in [5.41, 5.74) is 6.68. The van der Waals surface area contributed by atoms with Crippen molar-refractivity contribution in [2.24, 2.45) is 11.7 Å². The van der Waals surface area contributed by atoms with Crippen LogP contribution in [0.25, 0.3) is 0 Å². The molecule has 0 spiro atoms. The van der Waals surface area contributed by atoms with Gasteiger partial charge < -0.3 is 10.8 Å². The number of nitrogens with zero attached hydrogens (tertiary/aromatic N) is 1. The highest BCUT2D eigenvalue weighted by molar-refractivity contribution is 5.85. The number of rotatable bonds is 4. The molecule has 6 heteroatoms. The highest BCUT2D eigenvalue weighted by Gasteiger charge is 2.14. The average molecular weight is 247 g/mol. The minimum atomic E-state index is -0.454. The normalized spacial score (nSPS) is 13.7. The lowest BCUT2D eigenvalue weighted by Gasteiger charge is -2.17. The van der Waals surface area contributed by atoms with Gasteiger partial charge in [-0.05, 0) is 11.5 Å². The number of aliphatic hydroxyl groups excluding tert-OH is 1. The molecule has 0 unspecified atom stereocenters. The Kier molecular flexibility index (Phi) is 5.95. The van der Waals surface area contributed by atoms with Crippen molar-refractivity contribution in [1.29, 1.82) is 0 Å². The zero-order valence-corrected chi connectivity index (χ0v) is 9.68. The van der Waals surface area contributed by atoms with E-state index in [2.05, 4.69) is 0 Å². The summed E-state index contributed by atoms with van der Waals surface area (Å²) in [6.07, 6.45) is 0. The maximum Gasteiger partial charge on any atom is 0.269 e. The maximum absolute atomic E-state index is 10.4. The molecule has 0 radical (unpaired) electrons. The van der Waals surface area contributed by atoms with Gasteiger partial charge in [-0.15, -0.1) is 12.4 Å². The van der Waals surface area contributed by atoms with Crippen LogP contribution in [-0.2, 0) is 0 Å². The first-order valence-electron chi connectivity index (χ1n) is 4.67. The van der Waals surface area contributed by atoms with Crippen molar-refractivity contribution in [3.8, 4) is 0 Å². The number of hydrogen-bond donors (Lipinski definition) is 2. The van der Waals surface area contributed by atoms with E-state index in [1.807, 2.05) is 6.92 Å². The molecule has 0 amide bonds. The predicted octanol–water partition coefficient (Wildman–Crippen LogP) is 1.64. The van der Waals surface area contributed by atoms with Crippen molar-refractivity contribution >= 4 is 18.1 Å².